The number of carboxylic acid groups (broad SMARTS) is 1. The van der Waals surface area contributed by atoms with E-state index in [1.165, 1.54) is 3.07 Å². The molecule has 0 aromatic heterocycles. The maximum atomic E-state index is 9.36. The van der Waals surface area contributed by atoms with Crippen molar-refractivity contribution >= 4 is 16.4 Å². The quantitative estimate of drug-likeness (QED) is 0.242. The number of nitrogens with zero attached hydrogens (tertiary/aromatic N) is 1. The number of carbonyl (C=O) groups is 1. The third kappa shape index (κ3) is 26.4. The Morgan fingerprint density at radius 1 is 1.32 bits per heavy atom. The number of rotatable bonds is 3. The fourth-order valence-corrected chi connectivity index (χ4v) is 1.64. The van der Waals surface area contributed by atoms with Crippen LogP contribution in [0.2, 0.25) is 0 Å². The van der Waals surface area contributed by atoms with Crippen LogP contribution in [0.1, 0.15) is 0 Å². The van der Waals surface area contributed by atoms with Gasteiger partial charge < -0.3 is 29.8 Å². The molecule has 0 spiro atoms. The Kier molecular flexibility index (Phi) is 14.0. The molecule has 1 rings (SSSR count). The molecule has 0 radical (unpaired) electrons. The van der Waals surface area contributed by atoms with Gasteiger partial charge in [-0.3, -0.25) is 0 Å². The Morgan fingerprint density at radius 3 is 1.89 bits per heavy atom. The van der Waals surface area contributed by atoms with E-state index in [4.69, 9.17) is 15.1 Å². The van der Waals surface area contributed by atoms with E-state index in [1.54, 1.807) is 0 Å². The van der Waals surface area contributed by atoms with Gasteiger partial charge in [-0.15, -0.1) is 10.1 Å². The van der Waals surface area contributed by atoms with Crippen LogP contribution in [0.15, 0.2) is 30.3 Å². The van der Waals surface area contributed by atoms with Crippen LogP contribution >= 0.6 is 0 Å². The molecule has 3 N–H and O–H groups in total. The van der Waals surface area contributed by atoms with Crippen molar-refractivity contribution in [2.75, 3.05) is 6.61 Å². The molecule has 0 saturated carbocycles. The van der Waals surface area contributed by atoms with E-state index in [2.05, 4.69) is 35.2 Å². The SMILES string of the molecule is O=C([O-])CO[N+](=O)[O-].OB(O)O.[Hg+][c]1ccccc1. The molecule has 11 heteroatoms. The summed E-state index contributed by atoms with van der Waals surface area (Å²) in [7, 11) is -2.17. The van der Waals surface area contributed by atoms with Gasteiger partial charge in [-0.05, 0) is 0 Å². The van der Waals surface area contributed by atoms with Gasteiger partial charge in [0.25, 0.3) is 5.09 Å². The molecule has 9 nitrogen and oxygen atoms in total. The first-order chi connectivity index (χ1) is 8.75. The zero-order valence-corrected chi connectivity index (χ0v) is 15.2. The molecule has 0 heterocycles. The zero-order valence-electron chi connectivity index (χ0n) is 9.71. The molecule has 100 valence electrons. The van der Waals surface area contributed by atoms with E-state index in [-0.39, 0.29) is 0 Å². The fraction of sp³-hybridized carbons (Fsp3) is 0.125. The van der Waals surface area contributed by atoms with Crippen LogP contribution in [0.5, 0.6) is 0 Å². The zero-order chi connectivity index (χ0) is 15.3. The number of hydrogen-bond donors (Lipinski definition) is 3. The fourth-order valence-electron chi connectivity index (χ4n) is 0.583. The number of benzene rings is 1. The van der Waals surface area contributed by atoms with Gasteiger partial charge in [-0.2, -0.15) is 0 Å². The minimum atomic E-state index is -2.17. The van der Waals surface area contributed by atoms with Crippen LogP contribution in [-0.4, -0.2) is 40.1 Å². The third-order valence-electron chi connectivity index (χ3n) is 1.13. The first-order valence-corrected chi connectivity index (χ1v) is 7.39. The molecule has 0 aliphatic heterocycles. The summed E-state index contributed by atoms with van der Waals surface area (Å²) in [6.45, 7) is -1.01. The first-order valence-electron chi connectivity index (χ1n) is 4.64. The Hall–Kier alpha value is -1.23. The first kappa shape index (κ1) is 20.1. The standard InChI is InChI=1S/C6H5.C2H3NO5.BH3O3.Hg/c1-2-4-6-5-3-1;4-2(5)1-8-3(6)7;2-1(3)4;/h1-5H;1H2,(H,4,5);2-4H;/q;;;+1/p-1. The van der Waals surface area contributed by atoms with Crippen LogP contribution in [0, 0.1) is 10.1 Å². The van der Waals surface area contributed by atoms with E-state index in [1.807, 2.05) is 0 Å². The Labute approximate surface area is 124 Å². The van der Waals surface area contributed by atoms with Crippen molar-refractivity contribution in [1.29, 1.82) is 0 Å². The van der Waals surface area contributed by atoms with Crippen LogP contribution in [-0.2, 0) is 35.8 Å². The summed E-state index contributed by atoms with van der Waals surface area (Å²) >= 11 is 0.810. The van der Waals surface area contributed by atoms with E-state index in [0.29, 0.717) is 0 Å². The minimum absolute atomic E-state index is 0.810. The average Bonchev–Trinajstić information content (AvgIpc) is 2.27. The molecule has 0 fully saturated rings. The van der Waals surface area contributed by atoms with Crippen molar-refractivity contribution in [1.82, 2.24) is 0 Å². The number of hydrogen-bond acceptors (Lipinski definition) is 8. The van der Waals surface area contributed by atoms with E-state index >= 15 is 0 Å². The molecule has 0 atom stereocenters. The predicted molar refractivity (Wildman–Crippen MR) is 56.4 cm³/mol. The van der Waals surface area contributed by atoms with Gasteiger partial charge >= 0.3 is 66.8 Å². The third-order valence-corrected chi connectivity index (χ3v) is 2.96. The maximum absolute atomic E-state index is 9.36. The summed E-state index contributed by atoms with van der Waals surface area (Å²) in [5, 5.41) is 38.9. The summed E-state index contributed by atoms with van der Waals surface area (Å²) in [4.78, 5) is 21.9. The molecule has 19 heavy (non-hydrogen) atoms. The molecule has 0 aliphatic rings. The van der Waals surface area contributed by atoms with Crippen molar-refractivity contribution < 1.29 is 61.0 Å². The van der Waals surface area contributed by atoms with Gasteiger partial charge in [0.05, 0.1) is 5.97 Å². The van der Waals surface area contributed by atoms with Crippen molar-refractivity contribution in [3.05, 3.63) is 40.4 Å². The Balaban J connectivity index is 0. The molecule has 0 amide bonds. The summed E-state index contributed by atoms with van der Waals surface area (Å²) in [5.74, 6) is -1.61. The van der Waals surface area contributed by atoms with Gasteiger partial charge in [0.2, 0.25) is 0 Å². The van der Waals surface area contributed by atoms with Crippen molar-refractivity contribution in [3.8, 4) is 0 Å². The number of carboxylic acids is 1. The average molecular weight is 460 g/mol. The Bertz CT molecular complexity index is 346. The van der Waals surface area contributed by atoms with Crippen molar-refractivity contribution in [3.63, 3.8) is 0 Å². The van der Waals surface area contributed by atoms with Crippen molar-refractivity contribution in [2.45, 2.75) is 0 Å². The van der Waals surface area contributed by atoms with Crippen LogP contribution in [0.25, 0.3) is 0 Å². The van der Waals surface area contributed by atoms with Gasteiger partial charge in [0.1, 0.15) is 6.61 Å². The van der Waals surface area contributed by atoms with E-state index in [9.17, 15) is 20.0 Å². The second kappa shape index (κ2) is 13.2. The summed E-state index contributed by atoms with van der Waals surface area (Å²) < 4.78 is 1.52. The summed E-state index contributed by atoms with van der Waals surface area (Å²) in [5.41, 5.74) is 0. The topological polar surface area (TPSA) is 153 Å². The molecule has 0 saturated heterocycles. The predicted octanol–water partition coefficient (Wildman–Crippen LogP) is -3.25. The molecular weight excluding hydrogens is 449 g/mol. The molecule has 1 aromatic carbocycles. The molecule has 1 aromatic rings. The van der Waals surface area contributed by atoms with Gasteiger partial charge in [0, 0.05) is 0 Å². The van der Waals surface area contributed by atoms with Gasteiger partial charge in [-0.25, -0.2) is 0 Å². The van der Waals surface area contributed by atoms with Gasteiger partial charge in [-0.1, -0.05) is 0 Å². The summed E-state index contributed by atoms with van der Waals surface area (Å²) in [6.07, 6.45) is 0. The van der Waals surface area contributed by atoms with Crippen LogP contribution < -0.4 is 8.18 Å². The van der Waals surface area contributed by atoms with E-state index in [0.717, 1.165) is 26.1 Å². The van der Waals surface area contributed by atoms with E-state index < -0.39 is 25.0 Å². The molecule has 0 aliphatic carbocycles. The second-order valence-electron chi connectivity index (χ2n) is 2.70. The number of aliphatic carboxylic acids is 1. The van der Waals surface area contributed by atoms with Crippen molar-refractivity contribution in [2.24, 2.45) is 0 Å². The molecular formula is C8H10BHgNO8. The van der Waals surface area contributed by atoms with Gasteiger partial charge in [0.15, 0.2) is 0 Å². The van der Waals surface area contributed by atoms with Crippen LogP contribution in [0.4, 0.5) is 0 Å². The second-order valence-corrected chi connectivity index (χ2v) is 5.88. The summed E-state index contributed by atoms with van der Waals surface area (Å²) in [6, 6.07) is 10.6. The normalized spacial score (nSPS) is 8.05. The molecule has 0 unspecified atom stereocenters. The monoisotopic (exact) mass is 461 g/mol. The number of carbonyl (C=O) groups excluding carboxylic acids is 1. The molecule has 0 bridgehead atoms. The van der Waals surface area contributed by atoms with Crippen LogP contribution in [0.3, 0.4) is 0 Å². The Morgan fingerprint density at radius 2 is 1.74 bits per heavy atom.